The molecule has 0 saturated heterocycles. The van der Waals surface area contributed by atoms with E-state index in [0.717, 1.165) is 33.9 Å². The van der Waals surface area contributed by atoms with Crippen molar-refractivity contribution in [2.45, 2.75) is 6.04 Å². The molecule has 1 atom stereocenters. The number of methoxy groups -OCH3 is 2. The number of amides is 1. The zero-order chi connectivity index (χ0) is 17.4. The molecule has 1 aliphatic heterocycles. The largest absolute Gasteiger partial charge is 0.497 e. The molecule has 4 rings (SSSR count). The Morgan fingerprint density at radius 1 is 0.920 bits per heavy atom. The Morgan fingerprint density at radius 2 is 1.52 bits per heavy atom. The summed E-state index contributed by atoms with van der Waals surface area (Å²) in [6, 6.07) is 15.0. The summed E-state index contributed by atoms with van der Waals surface area (Å²) in [6.45, 7) is 0. The number of nitrogens with one attached hydrogen (secondary N) is 2. The first-order chi connectivity index (χ1) is 12.2. The monoisotopic (exact) mass is 335 g/mol. The molecule has 25 heavy (non-hydrogen) atoms. The summed E-state index contributed by atoms with van der Waals surface area (Å²) in [5.41, 5.74) is 4.03. The van der Waals surface area contributed by atoms with Crippen LogP contribution in [0.25, 0.3) is 11.3 Å². The number of H-pyrrole nitrogens is 1. The number of fused-ring (bicyclic) bond motifs is 1. The first-order valence-electron chi connectivity index (χ1n) is 7.88. The highest BCUT2D eigenvalue weighted by atomic mass is 16.5. The number of aromatic nitrogens is 2. The molecule has 2 aromatic carbocycles. The van der Waals surface area contributed by atoms with Crippen molar-refractivity contribution in [3.63, 3.8) is 0 Å². The number of hydrogen-bond donors (Lipinski definition) is 2. The molecule has 0 aliphatic carbocycles. The zero-order valence-electron chi connectivity index (χ0n) is 13.9. The minimum Gasteiger partial charge on any atom is -0.497 e. The molecular formula is C19H17N3O3. The van der Waals surface area contributed by atoms with Crippen molar-refractivity contribution in [1.82, 2.24) is 15.5 Å². The topological polar surface area (TPSA) is 76.2 Å². The molecule has 6 nitrogen and oxygen atoms in total. The third-order valence-corrected chi connectivity index (χ3v) is 4.41. The molecule has 0 spiro atoms. The van der Waals surface area contributed by atoms with Crippen molar-refractivity contribution in [3.05, 3.63) is 65.4 Å². The summed E-state index contributed by atoms with van der Waals surface area (Å²) in [7, 11) is 3.26. The van der Waals surface area contributed by atoms with Crippen LogP contribution in [0.4, 0.5) is 0 Å². The Balaban J connectivity index is 1.77. The van der Waals surface area contributed by atoms with Crippen molar-refractivity contribution in [2.24, 2.45) is 0 Å². The maximum Gasteiger partial charge on any atom is 0.270 e. The van der Waals surface area contributed by atoms with Gasteiger partial charge in [-0.1, -0.05) is 12.1 Å². The van der Waals surface area contributed by atoms with E-state index >= 15 is 0 Å². The zero-order valence-corrected chi connectivity index (χ0v) is 13.9. The van der Waals surface area contributed by atoms with Crippen molar-refractivity contribution in [1.29, 1.82) is 0 Å². The van der Waals surface area contributed by atoms with Gasteiger partial charge in [0.2, 0.25) is 0 Å². The van der Waals surface area contributed by atoms with E-state index in [1.807, 2.05) is 48.5 Å². The third kappa shape index (κ3) is 2.52. The van der Waals surface area contributed by atoms with E-state index in [2.05, 4.69) is 15.5 Å². The van der Waals surface area contributed by atoms with Crippen LogP contribution in [0.15, 0.2) is 48.5 Å². The van der Waals surface area contributed by atoms with Gasteiger partial charge in [0.05, 0.1) is 26.0 Å². The highest BCUT2D eigenvalue weighted by Gasteiger charge is 2.35. The Kier molecular flexibility index (Phi) is 3.65. The van der Waals surface area contributed by atoms with Gasteiger partial charge in [-0.05, 0) is 42.0 Å². The smallest absolute Gasteiger partial charge is 0.270 e. The molecule has 0 fully saturated rings. The maximum absolute atomic E-state index is 12.3. The number of nitrogens with zero attached hydrogens (tertiary/aromatic N) is 1. The number of carbonyl (C=O) groups excluding carboxylic acids is 1. The summed E-state index contributed by atoms with van der Waals surface area (Å²) in [5, 5.41) is 10.2. The third-order valence-electron chi connectivity index (χ3n) is 4.41. The predicted molar refractivity (Wildman–Crippen MR) is 92.9 cm³/mol. The van der Waals surface area contributed by atoms with Gasteiger partial charge in [0.25, 0.3) is 5.91 Å². The molecule has 0 bridgehead atoms. The number of aromatic amines is 1. The van der Waals surface area contributed by atoms with Crippen LogP contribution in [-0.4, -0.2) is 30.3 Å². The number of hydrogen-bond acceptors (Lipinski definition) is 4. The summed E-state index contributed by atoms with van der Waals surface area (Å²) in [5.74, 6) is 1.40. The van der Waals surface area contributed by atoms with Crippen LogP contribution in [0.2, 0.25) is 0 Å². The van der Waals surface area contributed by atoms with E-state index in [0.29, 0.717) is 5.69 Å². The van der Waals surface area contributed by atoms with Crippen LogP contribution in [0, 0.1) is 0 Å². The van der Waals surface area contributed by atoms with Gasteiger partial charge in [-0.2, -0.15) is 5.10 Å². The standard InChI is InChI=1S/C19H17N3O3/c1-24-13-7-3-11(4-8-13)16-15-17(21-22-18(15)19(23)20-16)12-5-9-14(25-2)10-6-12/h3-10,16H,1-2H3,(H,20,23)(H,21,22)/t16-/m1/s1. The second kappa shape index (κ2) is 5.98. The van der Waals surface area contributed by atoms with Gasteiger partial charge in [-0.3, -0.25) is 9.89 Å². The van der Waals surface area contributed by atoms with Crippen LogP contribution < -0.4 is 14.8 Å². The van der Waals surface area contributed by atoms with Gasteiger partial charge < -0.3 is 14.8 Å². The second-order valence-corrected chi connectivity index (χ2v) is 5.77. The van der Waals surface area contributed by atoms with Crippen LogP contribution in [0.5, 0.6) is 11.5 Å². The Hall–Kier alpha value is -3.28. The van der Waals surface area contributed by atoms with Crippen LogP contribution in [0.3, 0.4) is 0 Å². The van der Waals surface area contributed by atoms with Gasteiger partial charge in [-0.25, -0.2) is 0 Å². The summed E-state index contributed by atoms with van der Waals surface area (Å²) >= 11 is 0. The molecule has 1 amide bonds. The van der Waals surface area contributed by atoms with E-state index in [1.165, 1.54) is 0 Å². The highest BCUT2D eigenvalue weighted by Crippen LogP contribution is 2.37. The number of rotatable bonds is 4. The fourth-order valence-electron chi connectivity index (χ4n) is 3.10. The Bertz CT molecular complexity index is 914. The quantitative estimate of drug-likeness (QED) is 0.769. The molecule has 1 aliphatic rings. The number of benzene rings is 2. The van der Waals surface area contributed by atoms with Crippen molar-refractivity contribution >= 4 is 5.91 Å². The van der Waals surface area contributed by atoms with Gasteiger partial charge in [0.1, 0.15) is 17.2 Å². The van der Waals surface area contributed by atoms with Crippen molar-refractivity contribution < 1.29 is 14.3 Å². The van der Waals surface area contributed by atoms with Gasteiger partial charge in [-0.15, -0.1) is 0 Å². The normalized spacial score (nSPS) is 15.6. The minimum absolute atomic E-state index is 0.150. The molecule has 126 valence electrons. The van der Waals surface area contributed by atoms with E-state index in [1.54, 1.807) is 14.2 Å². The fraction of sp³-hybridized carbons (Fsp3) is 0.158. The number of ether oxygens (including phenoxy) is 2. The molecule has 0 radical (unpaired) electrons. The van der Waals surface area contributed by atoms with Crippen LogP contribution in [0.1, 0.15) is 27.7 Å². The van der Waals surface area contributed by atoms with E-state index in [4.69, 9.17) is 9.47 Å². The Morgan fingerprint density at radius 3 is 2.12 bits per heavy atom. The van der Waals surface area contributed by atoms with E-state index < -0.39 is 0 Å². The summed E-state index contributed by atoms with van der Waals surface area (Å²) < 4.78 is 10.4. The fourth-order valence-corrected chi connectivity index (χ4v) is 3.10. The average Bonchev–Trinajstić information content (AvgIpc) is 3.23. The van der Waals surface area contributed by atoms with Crippen LogP contribution >= 0.6 is 0 Å². The lowest BCUT2D eigenvalue weighted by atomic mass is 9.97. The van der Waals surface area contributed by atoms with Crippen molar-refractivity contribution in [2.75, 3.05) is 14.2 Å². The van der Waals surface area contributed by atoms with Gasteiger partial charge in [0.15, 0.2) is 0 Å². The molecule has 1 aromatic heterocycles. The molecule has 0 unspecified atom stereocenters. The minimum atomic E-state index is -0.246. The van der Waals surface area contributed by atoms with Gasteiger partial charge >= 0.3 is 0 Å². The Labute approximate surface area is 144 Å². The van der Waals surface area contributed by atoms with Crippen LogP contribution in [-0.2, 0) is 0 Å². The predicted octanol–water partition coefficient (Wildman–Crippen LogP) is 2.93. The molecule has 3 aromatic rings. The second-order valence-electron chi connectivity index (χ2n) is 5.77. The summed E-state index contributed by atoms with van der Waals surface area (Å²) in [6.07, 6.45) is 0. The lowest BCUT2D eigenvalue weighted by Crippen LogP contribution is -2.21. The lowest BCUT2D eigenvalue weighted by Gasteiger charge is -2.14. The lowest BCUT2D eigenvalue weighted by molar-refractivity contribution is 0.0955. The van der Waals surface area contributed by atoms with Gasteiger partial charge in [0, 0.05) is 11.1 Å². The van der Waals surface area contributed by atoms with E-state index in [-0.39, 0.29) is 11.9 Å². The van der Waals surface area contributed by atoms with Crippen molar-refractivity contribution in [3.8, 4) is 22.8 Å². The number of carbonyl (C=O) groups is 1. The maximum atomic E-state index is 12.3. The first kappa shape index (κ1) is 15.3. The van der Waals surface area contributed by atoms with E-state index in [9.17, 15) is 4.79 Å². The molecule has 2 heterocycles. The highest BCUT2D eigenvalue weighted by molar-refractivity contribution is 6.00. The summed E-state index contributed by atoms with van der Waals surface area (Å²) in [4.78, 5) is 12.3. The first-order valence-corrected chi connectivity index (χ1v) is 7.88. The molecular weight excluding hydrogens is 318 g/mol. The average molecular weight is 335 g/mol. The molecule has 0 saturated carbocycles. The molecule has 2 N–H and O–H groups in total. The molecule has 6 heteroatoms. The SMILES string of the molecule is COc1ccc(-c2n[nH]c3c2[C@@H](c2ccc(OC)cc2)NC3=O)cc1.